The largest absolute Gasteiger partial charge is 0.488 e. The minimum Gasteiger partial charge on any atom is -0.423 e. The summed E-state index contributed by atoms with van der Waals surface area (Å²) in [5.74, 6) is 0. The summed E-state index contributed by atoms with van der Waals surface area (Å²) in [4.78, 5) is 0. The number of nitrogens with zero attached hydrogens (tertiary/aromatic N) is 1. The van der Waals surface area contributed by atoms with Crippen LogP contribution in [0.1, 0.15) is 36.6 Å². The molecule has 0 unspecified atom stereocenters. The van der Waals surface area contributed by atoms with Gasteiger partial charge in [0.25, 0.3) is 0 Å². The minimum absolute atomic E-state index is 0.529. The van der Waals surface area contributed by atoms with Crippen LogP contribution in [0.25, 0.3) is 10.9 Å². The number of aromatic nitrogens is 1. The van der Waals surface area contributed by atoms with Crippen molar-refractivity contribution in [1.29, 1.82) is 0 Å². The molecule has 24 heavy (non-hydrogen) atoms. The third-order valence-corrected chi connectivity index (χ3v) is 4.54. The van der Waals surface area contributed by atoms with E-state index in [1.807, 2.05) is 12.1 Å². The molecule has 4 heteroatoms. The standard InChI is InChI=1S/C20H24BNO2/c1-3-4-11-22-19(14-17-12-15(2)5-10-20(17)22)13-16-6-8-18(9-7-16)21(23)24/h5-10,12,14,23-24H,3-4,11,13H2,1-2H3. The highest BCUT2D eigenvalue weighted by Crippen LogP contribution is 2.24. The molecule has 1 aromatic heterocycles. The molecule has 0 radical (unpaired) electrons. The van der Waals surface area contributed by atoms with Crippen molar-refractivity contribution in [1.82, 2.24) is 4.57 Å². The highest BCUT2D eigenvalue weighted by molar-refractivity contribution is 6.58. The third-order valence-electron chi connectivity index (χ3n) is 4.54. The summed E-state index contributed by atoms with van der Waals surface area (Å²) < 4.78 is 2.42. The van der Waals surface area contributed by atoms with Crippen molar-refractivity contribution in [2.24, 2.45) is 0 Å². The van der Waals surface area contributed by atoms with Gasteiger partial charge in [0, 0.05) is 29.6 Å². The van der Waals surface area contributed by atoms with Crippen LogP contribution in [0.3, 0.4) is 0 Å². The zero-order valence-electron chi connectivity index (χ0n) is 14.4. The van der Waals surface area contributed by atoms with Crippen LogP contribution in [0.5, 0.6) is 0 Å². The van der Waals surface area contributed by atoms with E-state index in [4.69, 9.17) is 0 Å². The van der Waals surface area contributed by atoms with Gasteiger partial charge in [-0.15, -0.1) is 0 Å². The summed E-state index contributed by atoms with van der Waals surface area (Å²) in [7, 11) is -1.40. The molecule has 3 nitrogen and oxygen atoms in total. The predicted molar refractivity (Wildman–Crippen MR) is 101 cm³/mol. The summed E-state index contributed by atoms with van der Waals surface area (Å²) in [5.41, 5.74) is 5.59. The van der Waals surface area contributed by atoms with Crippen LogP contribution in [0.15, 0.2) is 48.5 Å². The Morgan fingerprint density at radius 3 is 2.42 bits per heavy atom. The van der Waals surface area contributed by atoms with Crippen LogP contribution in [0.4, 0.5) is 0 Å². The van der Waals surface area contributed by atoms with Crippen LogP contribution < -0.4 is 5.46 Å². The molecule has 0 atom stereocenters. The van der Waals surface area contributed by atoms with Gasteiger partial charge < -0.3 is 14.6 Å². The summed E-state index contributed by atoms with van der Waals surface area (Å²) in [5, 5.41) is 19.7. The Balaban J connectivity index is 1.94. The van der Waals surface area contributed by atoms with Crippen LogP contribution >= 0.6 is 0 Å². The van der Waals surface area contributed by atoms with Crippen molar-refractivity contribution in [2.75, 3.05) is 0 Å². The fraction of sp³-hybridized carbons (Fsp3) is 0.300. The van der Waals surface area contributed by atoms with E-state index in [1.54, 1.807) is 12.1 Å². The van der Waals surface area contributed by atoms with Gasteiger partial charge in [0.2, 0.25) is 0 Å². The smallest absolute Gasteiger partial charge is 0.423 e. The molecule has 0 saturated carbocycles. The molecule has 3 aromatic rings. The zero-order chi connectivity index (χ0) is 17.1. The van der Waals surface area contributed by atoms with Gasteiger partial charge in [-0.3, -0.25) is 0 Å². The summed E-state index contributed by atoms with van der Waals surface area (Å²) >= 11 is 0. The number of fused-ring (bicyclic) bond motifs is 1. The highest BCUT2D eigenvalue weighted by atomic mass is 16.4. The molecule has 0 aliphatic heterocycles. The van der Waals surface area contributed by atoms with Crippen molar-refractivity contribution < 1.29 is 10.0 Å². The number of benzene rings is 2. The molecule has 2 aromatic carbocycles. The van der Waals surface area contributed by atoms with Gasteiger partial charge in [0.05, 0.1) is 0 Å². The van der Waals surface area contributed by atoms with Crippen molar-refractivity contribution in [2.45, 2.75) is 39.7 Å². The van der Waals surface area contributed by atoms with Gasteiger partial charge in [-0.25, -0.2) is 0 Å². The molecule has 0 spiro atoms. The Hall–Kier alpha value is -2.04. The molecule has 2 N–H and O–H groups in total. The van der Waals surface area contributed by atoms with Crippen LogP contribution in [0, 0.1) is 6.92 Å². The van der Waals surface area contributed by atoms with Crippen molar-refractivity contribution in [3.8, 4) is 0 Å². The van der Waals surface area contributed by atoms with E-state index in [0.29, 0.717) is 5.46 Å². The normalized spacial score (nSPS) is 11.2. The molecular weight excluding hydrogens is 297 g/mol. The van der Waals surface area contributed by atoms with Gasteiger partial charge in [0.15, 0.2) is 0 Å². The first-order valence-corrected chi connectivity index (χ1v) is 8.62. The molecular formula is C20H24BNO2. The lowest BCUT2D eigenvalue weighted by Gasteiger charge is -2.11. The molecule has 0 aliphatic carbocycles. The fourth-order valence-corrected chi connectivity index (χ4v) is 3.19. The Morgan fingerprint density at radius 1 is 1.00 bits per heavy atom. The van der Waals surface area contributed by atoms with Crippen molar-refractivity contribution in [3.63, 3.8) is 0 Å². The first-order valence-electron chi connectivity index (χ1n) is 8.62. The van der Waals surface area contributed by atoms with Gasteiger partial charge >= 0.3 is 7.12 Å². The number of hydrogen-bond acceptors (Lipinski definition) is 2. The minimum atomic E-state index is -1.40. The van der Waals surface area contributed by atoms with Gasteiger partial charge in [0.1, 0.15) is 0 Å². The molecule has 0 saturated heterocycles. The zero-order valence-corrected chi connectivity index (χ0v) is 14.4. The quantitative estimate of drug-likeness (QED) is 0.686. The SMILES string of the molecule is CCCCn1c(Cc2ccc(B(O)O)cc2)cc2cc(C)ccc21. The average Bonchev–Trinajstić information content (AvgIpc) is 2.89. The second-order valence-corrected chi connectivity index (χ2v) is 6.50. The van der Waals surface area contributed by atoms with Gasteiger partial charge in [-0.2, -0.15) is 0 Å². The molecule has 1 heterocycles. The van der Waals surface area contributed by atoms with Crippen LogP contribution in [0.2, 0.25) is 0 Å². The predicted octanol–water partition coefficient (Wildman–Crippen LogP) is 3.02. The second kappa shape index (κ2) is 7.24. The second-order valence-electron chi connectivity index (χ2n) is 6.50. The maximum Gasteiger partial charge on any atom is 0.488 e. The van der Waals surface area contributed by atoms with Crippen molar-refractivity contribution >= 4 is 23.5 Å². The monoisotopic (exact) mass is 321 g/mol. The Labute approximate surface area is 143 Å². The Bertz CT molecular complexity index is 822. The lowest BCUT2D eigenvalue weighted by molar-refractivity contribution is 0.426. The number of rotatable bonds is 6. The van der Waals surface area contributed by atoms with E-state index in [9.17, 15) is 10.0 Å². The lowest BCUT2D eigenvalue weighted by atomic mass is 9.80. The first kappa shape index (κ1) is 16.8. The summed E-state index contributed by atoms with van der Waals surface area (Å²) in [6.07, 6.45) is 3.19. The van der Waals surface area contributed by atoms with E-state index in [0.717, 1.165) is 13.0 Å². The Kier molecular flexibility index (Phi) is 5.07. The summed E-state index contributed by atoms with van der Waals surface area (Å²) in [6.45, 7) is 5.38. The maximum atomic E-state index is 9.22. The van der Waals surface area contributed by atoms with Crippen molar-refractivity contribution in [3.05, 3.63) is 65.4 Å². The number of hydrogen-bond donors (Lipinski definition) is 2. The molecule has 124 valence electrons. The van der Waals surface area contributed by atoms with Crippen LogP contribution in [-0.4, -0.2) is 21.7 Å². The molecule has 0 amide bonds. The lowest BCUT2D eigenvalue weighted by Crippen LogP contribution is -2.29. The van der Waals surface area contributed by atoms with Gasteiger partial charge in [-0.05, 0) is 42.6 Å². The molecule has 0 bridgehead atoms. The third kappa shape index (κ3) is 3.55. The topological polar surface area (TPSA) is 45.4 Å². The fourth-order valence-electron chi connectivity index (χ4n) is 3.19. The van der Waals surface area contributed by atoms with E-state index in [-0.39, 0.29) is 0 Å². The van der Waals surface area contributed by atoms with Gasteiger partial charge in [-0.1, -0.05) is 49.2 Å². The number of aryl methyl sites for hydroxylation is 2. The van der Waals surface area contributed by atoms with E-state index < -0.39 is 7.12 Å². The van der Waals surface area contributed by atoms with E-state index in [2.05, 4.69) is 42.7 Å². The summed E-state index contributed by atoms with van der Waals surface area (Å²) in [6, 6.07) is 16.4. The molecule has 0 aliphatic rings. The molecule has 0 fully saturated rings. The number of unbranched alkanes of at least 4 members (excludes halogenated alkanes) is 1. The maximum absolute atomic E-state index is 9.22. The average molecular weight is 321 g/mol. The van der Waals surface area contributed by atoms with Crippen LogP contribution in [-0.2, 0) is 13.0 Å². The van der Waals surface area contributed by atoms with E-state index >= 15 is 0 Å². The highest BCUT2D eigenvalue weighted by Gasteiger charge is 2.12. The van der Waals surface area contributed by atoms with E-state index in [1.165, 1.54) is 40.6 Å². The Morgan fingerprint density at radius 2 is 1.75 bits per heavy atom. The molecule has 3 rings (SSSR count). The first-order chi connectivity index (χ1) is 11.6.